The lowest BCUT2D eigenvalue weighted by molar-refractivity contribution is 0.493. The Morgan fingerprint density at radius 1 is 1.53 bits per heavy atom. The van der Waals surface area contributed by atoms with Gasteiger partial charge in [0.25, 0.3) is 0 Å². The first-order chi connectivity index (χ1) is 9.29. The highest BCUT2D eigenvalue weighted by atomic mass is 79.9. The first-order valence-corrected chi connectivity index (χ1v) is 8.94. The third-order valence-corrected chi connectivity index (χ3v) is 5.21. The van der Waals surface area contributed by atoms with Crippen LogP contribution in [0.5, 0.6) is 0 Å². The monoisotopic (exact) mass is 359 g/mol. The Balaban J connectivity index is 2.09. The van der Waals surface area contributed by atoms with Crippen molar-refractivity contribution in [1.29, 1.82) is 0 Å². The van der Waals surface area contributed by atoms with Crippen molar-refractivity contribution in [1.82, 2.24) is 14.5 Å². The van der Waals surface area contributed by atoms with Gasteiger partial charge in [0.1, 0.15) is 11.3 Å². The molecular formula is C13H15BrClN3S. The molecule has 3 heterocycles. The van der Waals surface area contributed by atoms with Crippen LogP contribution in [0.2, 0.25) is 0 Å². The van der Waals surface area contributed by atoms with Gasteiger partial charge in [-0.15, -0.1) is 11.6 Å². The van der Waals surface area contributed by atoms with Crippen LogP contribution < -0.4 is 0 Å². The second kappa shape index (κ2) is 6.02. The van der Waals surface area contributed by atoms with Crippen LogP contribution in [0.3, 0.4) is 0 Å². The summed E-state index contributed by atoms with van der Waals surface area (Å²) in [5.74, 6) is 4.10. The molecule has 0 N–H and O–H groups in total. The standard InChI is InChI=1S/C13H15BrClN3S/c14-9-6-11-13(16-7-9)18(12(17-11)3-4-15)10-2-1-5-19-8-10/h6-7,10H,1-5,8H2. The smallest absolute Gasteiger partial charge is 0.160 e. The molecule has 2 aromatic heterocycles. The minimum absolute atomic E-state index is 0.510. The van der Waals surface area contributed by atoms with Crippen molar-refractivity contribution in [2.45, 2.75) is 25.3 Å². The molecule has 0 bridgehead atoms. The van der Waals surface area contributed by atoms with Gasteiger partial charge in [0, 0.05) is 34.8 Å². The number of aryl methyl sites for hydroxylation is 1. The molecule has 1 atom stereocenters. The number of thioether (sulfide) groups is 1. The van der Waals surface area contributed by atoms with E-state index in [1.54, 1.807) is 0 Å². The second-order valence-electron chi connectivity index (χ2n) is 4.70. The van der Waals surface area contributed by atoms with E-state index in [2.05, 4.69) is 25.5 Å². The molecule has 0 aromatic carbocycles. The van der Waals surface area contributed by atoms with E-state index in [1.165, 1.54) is 18.6 Å². The van der Waals surface area contributed by atoms with Crippen molar-refractivity contribution >= 4 is 50.5 Å². The van der Waals surface area contributed by atoms with E-state index in [0.29, 0.717) is 11.9 Å². The Morgan fingerprint density at radius 2 is 2.42 bits per heavy atom. The quantitative estimate of drug-likeness (QED) is 0.774. The van der Waals surface area contributed by atoms with Gasteiger partial charge >= 0.3 is 0 Å². The van der Waals surface area contributed by atoms with Crippen LogP contribution in [-0.2, 0) is 6.42 Å². The SMILES string of the molecule is ClCCc1nc2cc(Br)cnc2n1C1CCCSC1. The average Bonchev–Trinajstić information content (AvgIpc) is 2.77. The number of hydrogen-bond acceptors (Lipinski definition) is 3. The molecule has 102 valence electrons. The highest BCUT2D eigenvalue weighted by molar-refractivity contribution is 9.10. The predicted molar refractivity (Wildman–Crippen MR) is 85.2 cm³/mol. The zero-order valence-electron chi connectivity index (χ0n) is 10.5. The fraction of sp³-hybridized carbons (Fsp3) is 0.538. The first-order valence-electron chi connectivity index (χ1n) is 6.45. The van der Waals surface area contributed by atoms with Crippen LogP contribution in [-0.4, -0.2) is 31.9 Å². The van der Waals surface area contributed by atoms with Gasteiger partial charge in [0.2, 0.25) is 0 Å². The van der Waals surface area contributed by atoms with Crippen molar-refractivity contribution in [3.05, 3.63) is 22.6 Å². The number of imidazole rings is 1. The summed E-state index contributed by atoms with van der Waals surface area (Å²) in [4.78, 5) is 9.28. The van der Waals surface area contributed by atoms with Crippen LogP contribution in [0.15, 0.2) is 16.7 Å². The molecule has 1 aliphatic rings. The maximum absolute atomic E-state index is 5.92. The van der Waals surface area contributed by atoms with E-state index in [0.717, 1.165) is 33.6 Å². The van der Waals surface area contributed by atoms with E-state index in [-0.39, 0.29) is 0 Å². The normalized spacial score (nSPS) is 20.0. The Labute approximate surface area is 130 Å². The summed E-state index contributed by atoms with van der Waals surface area (Å²) >= 11 is 11.4. The summed E-state index contributed by atoms with van der Waals surface area (Å²) in [6.07, 6.45) is 5.13. The fourth-order valence-corrected chi connectivity index (χ4v) is 4.19. The molecule has 1 aliphatic heterocycles. The Kier molecular flexibility index (Phi) is 4.34. The van der Waals surface area contributed by atoms with E-state index in [4.69, 9.17) is 16.6 Å². The van der Waals surface area contributed by atoms with Crippen molar-refractivity contribution < 1.29 is 0 Å². The summed E-state index contributed by atoms with van der Waals surface area (Å²) in [6.45, 7) is 0. The van der Waals surface area contributed by atoms with E-state index < -0.39 is 0 Å². The minimum atomic E-state index is 0.510. The topological polar surface area (TPSA) is 30.7 Å². The predicted octanol–water partition coefficient (Wildman–Crippen LogP) is 4.04. The molecule has 1 unspecified atom stereocenters. The zero-order chi connectivity index (χ0) is 13.2. The lowest BCUT2D eigenvalue weighted by atomic mass is 10.2. The van der Waals surface area contributed by atoms with E-state index in [9.17, 15) is 0 Å². The lowest BCUT2D eigenvalue weighted by Crippen LogP contribution is -2.19. The highest BCUT2D eigenvalue weighted by Crippen LogP contribution is 2.31. The first kappa shape index (κ1) is 13.7. The number of pyridine rings is 1. The number of nitrogens with zero attached hydrogens (tertiary/aromatic N) is 3. The van der Waals surface area contributed by atoms with E-state index >= 15 is 0 Å². The molecule has 0 amide bonds. The van der Waals surface area contributed by atoms with Gasteiger partial charge in [-0.25, -0.2) is 9.97 Å². The summed E-state index contributed by atoms with van der Waals surface area (Å²) in [6, 6.07) is 2.54. The number of rotatable bonds is 3. The molecule has 0 spiro atoms. The third kappa shape index (κ3) is 2.78. The average molecular weight is 361 g/mol. The fourth-order valence-electron chi connectivity index (χ4n) is 2.58. The van der Waals surface area contributed by atoms with Gasteiger partial charge < -0.3 is 4.57 Å². The molecule has 3 nitrogen and oxygen atoms in total. The van der Waals surface area contributed by atoms with Gasteiger partial charge in [-0.05, 0) is 40.6 Å². The molecule has 2 aromatic rings. The largest absolute Gasteiger partial charge is 0.309 e. The lowest BCUT2D eigenvalue weighted by Gasteiger charge is -2.24. The van der Waals surface area contributed by atoms with Crippen molar-refractivity contribution in [2.75, 3.05) is 17.4 Å². The molecule has 0 saturated carbocycles. The molecule has 1 saturated heterocycles. The number of hydrogen-bond donors (Lipinski definition) is 0. The molecule has 0 radical (unpaired) electrons. The van der Waals surface area contributed by atoms with Gasteiger partial charge in [-0.1, -0.05) is 0 Å². The zero-order valence-corrected chi connectivity index (χ0v) is 13.6. The van der Waals surface area contributed by atoms with Gasteiger partial charge in [-0.2, -0.15) is 11.8 Å². The van der Waals surface area contributed by atoms with Crippen molar-refractivity contribution in [3.63, 3.8) is 0 Å². The Bertz CT molecular complexity index is 581. The van der Waals surface area contributed by atoms with Crippen LogP contribution in [0.1, 0.15) is 24.7 Å². The van der Waals surface area contributed by atoms with Gasteiger partial charge in [0.15, 0.2) is 5.65 Å². The summed E-state index contributed by atoms with van der Waals surface area (Å²) in [5.41, 5.74) is 1.96. The number of alkyl halides is 1. The number of halogens is 2. The molecular weight excluding hydrogens is 346 g/mol. The Hall–Kier alpha value is -0.260. The molecule has 1 fully saturated rings. The molecule has 19 heavy (non-hydrogen) atoms. The maximum atomic E-state index is 5.92. The minimum Gasteiger partial charge on any atom is -0.309 e. The third-order valence-electron chi connectivity index (χ3n) is 3.39. The Morgan fingerprint density at radius 3 is 3.16 bits per heavy atom. The van der Waals surface area contributed by atoms with Crippen LogP contribution in [0.25, 0.3) is 11.2 Å². The number of aromatic nitrogens is 3. The van der Waals surface area contributed by atoms with E-state index in [1.807, 2.05) is 24.0 Å². The summed E-state index contributed by atoms with van der Waals surface area (Å²) in [5, 5.41) is 0. The molecule has 6 heteroatoms. The second-order valence-corrected chi connectivity index (χ2v) is 7.15. The van der Waals surface area contributed by atoms with Crippen LogP contribution >= 0.6 is 39.3 Å². The summed E-state index contributed by atoms with van der Waals surface area (Å²) < 4.78 is 3.29. The van der Waals surface area contributed by atoms with Crippen LogP contribution in [0.4, 0.5) is 0 Å². The van der Waals surface area contributed by atoms with Gasteiger partial charge in [0.05, 0.1) is 0 Å². The van der Waals surface area contributed by atoms with Crippen LogP contribution in [0, 0.1) is 0 Å². The summed E-state index contributed by atoms with van der Waals surface area (Å²) in [7, 11) is 0. The number of fused-ring (bicyclic) bond motifs is 1. The molecule has 3 rings (SSSR count). The highest BCUT2D eigenvalue weighted by Gasteiger charge is 2.22. The molecule has 0 aliphatic carbocycles. The van der Waals surface area contributed by atoms with Gasteiger partial charge in [-0.3, -0.25) is 0 Å². The van der Waals surface area contributed by atoms with Crippen molar-refractivity contribution in [3.8, 4) is 0 Å². The maximum Gasteiger partial charge on any atom is 0.160 e. The van der Waals surface area contributed by atoms with Crippen molar-refractivity contribution in [2.24, 2.45) is 0 Å².